The third kappa shape index (κ3) is 1.92. The van der Waals surface area contributed by atoms with Gasteiger partial charge < -0.3 is 5.11 Å². The number of rotatable bonds is 4. The first-order valence-corrected chi connectivity index (χ1v) is 6.27. The van der Waals surface area contributed by atoms with Crippen molar-refractivity contribution in [3.63, 3.8) is 0 Å². The quantitative estimate of drug-likeness (QED) is 0.711. The van der Waals surface area contributed by atoms with Crippen molar-refractivity contribution in [3.05, 3.63) is 0 Å². The minimum Gasteiger partial charge on any atom is -0.396 e. The maximum absolute atomic E-state index is 11.1. The van der Waals surface area contributed by atoms with Gasteiger partial charge in [-0.2, -0.15) is 0 Å². The van der Waals surface area contributed by atoms with Crippen LogP contribution in [0.15, 0.2) is 0 Å². The molecular formula is C7H13ClO3S. The lowest BCUT2D eigenvalue weighted by Gasteiger charge is -2.14. The predicted molar refractivity (Wildman–Crippen MR) is 47.6 cm³/mol. The van der Waals surface area contributed by atoms with Gasteiger partial charge in [0.05, 0.1) is 4.75 Å². The van der Waals surface area contributed by atoms with E-state index in [0.717, 1.165) is 0 Å². The van der Waals surface area contributed by atoms with Crippen LogP contribution in [-0.4, -0.2) is 24.9 Å². The highest BCUT2D eigenvalue weighted by molar-refractivity contribution is 8.15. The van der Waals surface area contributed by atoms with E-state index in [2.05, 4.69) is 0 Å². The molecule has 0 radical (unpaired) electrons. The van der Waals surface area contributed by atoms with Crippen molar-refractivity contribution in [1.82, 2.24) is 0 Å². The van der Waals surface area contributed by atoms with Crippen molar-refractivity contribution in [3.8, 4) is 0 Å². The Morgan fingerprint density at radius 1 is 1.58 bits per heavy atom. The number of halogens is 1. The fourth-order valence-electron chi connectivity index (χ4n) is 1.39. The summed E-state index contributed by atoms with van der Waals surface area (Å²) in [5.74, 6) is 0.0148. The van der Waals surface area contributed by atoms with Crippen LogP contribution in [0.4, 0.5) is 0 Å². The van der Waals surface area contributed by atoms with Crippen molar-refractivity contribution in [2.24, 2.45) is 5.92 Å². The summed E-state index contributed by atoms with van der Waals surface area (Å²) in [6.45, 7) is 1.84. The average molecular weight is 213 g/mol. The standard InChI is InChI=1S/C7H13ClO3S/c1-6(5-9)4-7(2-3-7)12(8,10)11/h6,9H,2-5H2,1H3. The van der Waals surface area contributed by atoms with Gasteiger partial charge in [-0.1, -0.05) is 6.92 Å². The normalized spacial score (nSPS) is 23.6. The molecule has 0 aromatic carbocycles. The van der Waals surface area contributed by atoms with Crippen molar-refractivity contribution >= 4 is 19.7 Å². The summed E-state index contributed by atoms with van der Waals surface area (Å²) in [6.07, 6.45) is 1.77. The highest BCUT2D eigenvalue weighted by Gasteiger charge is 2.53. The largest absolute Gasteiger partial charge is 0.396 e. The Balaban J connectivity index is 2.63. The second-order valence-electron chi connectivity index (χ2n) is 3.61. The maximum atomic E-state index is 11.1. The van der Waals surface area contributed by atoms with Crippen LogP contribution >= 0.6 is 10.7 Å². The van der Waals surface area contributed by atoms with Crippen LogP contribution in [0.25, 0.3) is 0 Å². The van der Waals surface area contributed by atoms with E-state index in [9.17, 15) is 8.42 Å². The summed E-state index contributed by atoms with van der Waals surface area (Å²) >= 11 is 0. The van der Waals surface area contributed by atoms with Gasteiger partial charge in [0.25, 0.3) is 0 Å². The Hall–Kier alpha value is 0.200. The van der Waals surface area contributed by atoms with E-state index in [1.54, 1.807) is 0 Å². The van der Waals surface area contributed by atoms with Gasteiger partial charge in [-0.25, -0.2) is 8.42 Å². The molecule has 1 unspecified atom stereocenters. The molecule has 3 nitrogen and oxygen atoms in total. The summed E-state index contributed by atoms with van der Waals surface area (Å²) < 4.78 is 21.4. The first-order valence-electron chi connectivity index (χ1n) is 3.96. The number of aliphatic hydroxyl groups is 1. The molecule has 0 saturated heterocycles. The first-order chi connectivity index (χ1) is 5.41. The molecule has 0 aromatic heterocycles. The van der Waals surface area contributed by atoms with E-state index in [1.165, 1.54) is 0 Å². The summed E-state index contributed by atoms with van der Waals surface area (Å²) in [7, 11) is 1.84. The van der Waals surface area contributed by atoms with Gasteiger partial charge >= 0.3 is 0 Å². The Kier molecular flexibility index (Phi) is 2.71. The van der Waals surface area contributed by atoms with Crippen molar-refractivity contribution in [2.75, 3.05) is 6.61 Å². The highest BCUT2D eigenvalue weighted by atomic mass is 35.7. The summed E-state index contributed by atoms with van der Waals surface area (Å²) in [4.78, 5) is 0. The maximum Gasteiger partial charge on any atom is 0.238 e. The fraction of sp³-hybridized carbons (Fsp3) is 1.00. The minimum absolute atomic E-state index is 0.0148. The minimum atomic E-state index is -3.44. The summed E-state index contributed by atoms with van der Waals surface area (Å²) in [6, 6.07) is 0. The Morgan fingerprint density at radius 3 is 2.33 bits per heavy atom. The van der Waals surface area contributed by atoms with Crippen LogP contribution < -0.4 is 0 Å². The molecule has 0 bridgehead atoms. The van der Waals surface area contributed by atoms with E-state index >= 15 is 0 Å². The second-order valence-corrected chi connectivity index (χ2v) is 6.57. The lowest BCUT2D eigenvalue weighted by Crippen LogP contribution is -2.22. The smallest absolute Gasteiger partial charge is 0.238 e. The molecule has 0 spiro atoms. The molecule has 1 fully saturated rings. The molecule has 1 saturated carbocycles. The summed E-state index contributed by atoms with van der Waals surface area (Å²) in [5, 5.41) is 8.75. The van der Waals surface area contributed by atoms with Gasteiger partial charge in [0.2, 0.25) is 9.05 Å². The molecule has 0 aliphatic heterocycles. The topological polar surface area (TPSA) is 54.4 Å². The molecule has 1 aliphatic rings. The van der Waals surface area contributed by atoms with Crippen LogP contribution in [0, 0.1) is 5.92 Å². The van der Waals surface area contributed by atoms with E-state index < -0.39 is 13.8 Å². The highest BCUT2D eigenvalue weighted by Crippen LogP contribution is 2.49. The average Bonchev–Trinajstić information content (AvgIpc) is 2.67. The second kappa shape index (κ2) is 3.16. The van der Waals surface area contributed by atoms with E-state index in [-0.39, 0.29) is 12.5 Å². The molecule has 72 valence electrons. The van der Waals surface area contributed by atoms with Gasteiger partial charge in [0.1, 0.15) is 0 Å². The molecule has 0 amide bonds. The molecule has 5 heteroatoms. The van der Waals surface area contributed by atoms with Gasteiger partial charge in [-0.05, 0) is 25.2 Å². The number of aliphatic hydroxyl groups excluding tert-OH is 1. The van der Waals surface area contributed by atoms with Crippen molar-refractivity contribution < 1.29 is 13.5 Å². The van der Waals surface area contributed by atoms with E-state index in [0.29, 0.717) is 19.3 Å². The molecule has 0 heterocycles. The first kappa shape index (κ1) is 10.3. The van der Waals surface area contributed by atoms with E-state index in [1.807, 2.05) is 6.92 Å². The zero-order valence-electron chi connectivity index (χ0n) is 6.96. The SMILES string of the molecule is CC(CO)CC1(S(=O)(=O)Cl)CC1. The van der Waals surface area contributed by atoms with Crippen molar-refractivity contribution in [2.45, 2.75) is 30.9 Å². The molecular weight excluding hydrogens is 200 g/mol. The predicted octanol–water partition coefficient (Wildman–Crippen LogP) is 1.11. The Morgan fingerprint density at radius 2 is 2.08 bits per heavy atom. The lowest BCUT2D eigenvalue weighted by atomic mass is 10.1. The molecule has 1 N–H and O–H groups in total. The van der Waals surface area contributed by atoms with Crippen LogP contribution in [0.1, 0.15) is 26.2 Å². The van der Waals surface area contributed by atoms with Crippen LogP contribution in [0.5, 0.6) is 0 Å². The van der Waals surface area contributed by atoms with E-state index in [4.69, 9.17) is 15.8 Å². The van der Waals surface area contributed by atoms with Crippen LogP contribution in [0.2, 0.25) is 0 Å². The molecule has 1 rings (SSSR count). The monoisotopic (exact) mass is 212 g/mol. The zero-order chi connectivity index (χ0) is 9.41. The zero-order valence-corrected chi connectivity index (χ0v) is 8.53. The Labute approximate surface area is 77.1 Å². The van der Waals surface area contributed by atoms with Gasteiger partial charge in [-0.15, -0.1) is 0 Å². The summed E-state index contributed by atoms with van der Waals surface area (Å²) in [5.41, 5.74) is 0. The van der Waals surface area contributed by atoms with Crippen LogP contribution in [-0.2, 0) is 9.05 Å². The van der Waals surface area contributed by atoms with Gasteiger partial charge in [0, 0.05) is 17.3 Å². The Bertz CT molecular complexity index is 256. The molecule has 1 atom stereocenters. The van der Waals surface area contributed by atoms with Gasteiger partial charge in [-0.3, -0.25) is 0 Å². The molecule has 1 aliphatic carbocycles. The number of hydrogen-bond acceptors (Lipinski definition) is 3. The lowest BCUT2D eigenvalue weighted by molar-refractivity contribution is 0.227. The van der Waals surface area contributed by atoms with Crippen LogP contribution in [0.3, 0.4) is 0 Å². The molecule has 12 heavy (non-hydrogen) atoms. The third-order valence-corrected chi connectivity index (χ3v) is 4.95. The fourth-order valence-corrected chi connectivity index (χ4v) is 3.11. The van der Waals surface area contributed by atoms with Gasteiger partial charge in [0.15, 0.2) is 0 Å². The van der Waals surface area contributed by atoms with Crippen molar-refractivity contribution in [1.29, 1.82) is 0 Å². The third-order valence-electron chi connectivity index (χ3n) is 2.36. The number of hydrogen-bond donors (Lipinski definition) is 1. The molecule has 0 aromatic rings.